The van der Waals surface area contributed by atoms with E-state index in [0.29, 0.717) is 5.56 Å². The summed E-state index contributed by atoms with van der Waals surface area (Å²) in [5.74, 6) is -0.549. The molecule has 2 rings (SSSR count). The molecule has 1 aromatic heterocycles. The molecule has 98 valence electrons. The van der Waals surface area contributed by atoms with E-state index in [4.69, 9.17) is 0 Å². The number of methoxy groups -OCH3 is 1. The summed E-state index contributed by atoms with van der Waals surface area (Å²) in [4.78, 5) is 26.8. The first-order chi connectivity index (χ1) is 9.20. The normalized spacial score (nSPS) is 10.2. The number of nitrogens with zero attached hydrogens (tertiary/aromatic N) is 1. The van der Waals surface area contributed by atoms with Gasteiger partial charge in [-0.05, 0) is 23.6 Å². The monoisotopic (exact) mass is 258 g/mol. The molecule has 0 atom stereocenters. The van der Waals surface area contributed by atoms with Gasteiger partial charge in [-0.2, -0.15) is 0 Å². The summed E-state index contributed by atoms with van der Waals surface area (Å²) in [5, 5.41) is 4.61. The molecule has 1 aromatic carbocycles. The van der Waals surface area contributed by atoms with Crippen LogP contribution in [0.4, 0.5) is 0 Å². The molecule has 1 N–H and O–H groups in total. The molecular weight excluding hydrogens is 244 g/mol. The van der Waals surface area contributed by atoms with E-state index in [1.54, 1.807) is 24.5 Å². The largest absolute Gasteiger partial charge is 0.469 e. The minimum Gasteiger partial charge on any atom is -0.469 e. The second-order valence-electron chi connectivity index (χ2n) is 4.02. The van der Waals surface area contributed by atoms with Crippen molar-refractivity contribution in [2.75, 3.05) is 13.7 Å². The molecule has 1 heterocycles. The number of hydrogen-bond acceptors (Lipinski definition) is 4. The topological polar surface area (TPSA) is 68.3 Å². The van der Waals surface area contributed by atoms with Crippen LogP contribution in [-0.4, -0.2) is 30.5 Å². The lowest BCUT2D eigenvalue weighted by Gasteiger charge is -2.05. The van der Waals surface area contributed by atoms with Gasteiger partial charge < -0.3 is 10.1 Å². The molecule has 0 saturated carbocycles. The van der Waals surface area contributed by atoms with Crippen LogP contribution in [0.5, 0.6) is 0 Å². The Labute approximate surface area is 110 Å². The maximum Gasteiger partial charge on any atom is 0.307 e. The Kier molecular flexibility index (Phi) is 4.07. The second kappa shape index (κ2) is 5.95. The Hall–Kier alpha value is -2.43. The molecule has 1 amide bonds. The van der Waals surface area contributed by atoms with Gasteiger partial charge in [0.1, 0.15) is 0 Å². The van der Waals surface area contributed by atoms with E-state index in [1.165, 1.54) is 7.11 Å². The number of ether oxygens (including phenoxy) is 1. The minimum atomic E-state index is -0.343. The Morgan fingerprint density at radius 2 is 2.11 bits per heavy atom. The van der Waals surface area contributed by atoms with Crippen LogP contribution in [0.3, 0.4) is 0 Å². The number of fused-ring (bicyclic) bond motifs is 1. The first-order valence-electron chi connectivity index (χ1n) is 5.89. The van der Waals surface area contributed by atoms with Gasteiger partial charge in [-0.25, -0.2) is 0 Å². The van der Waals surface area contributed by atoms with Crippen LogP contribution in [0.1, 0.15) is 16.8 Å². The van der Waals surface area contributed by atoms with Crippen molar-refractivity contribution in [3.8, 4) is 0 Å². The van der Waals surface area contributed by atoms with Gasteiger partial charge in [0.05, 0.1) is 13.5 Å². The van der Waals surface area contributed by atoms with Crippen molar-refractivity contribution in [3.05, 3.63) is 42.2 Å². The van der Waals surface area contributed by atoms with E-state index >= 15 is 0 Å². The summed E-state index contributed by atoms with van der Waals surface area (Å²) in [6.07, 6.45) is 3.59. The highest BCUT2D eigenvalue weighted by molar-refractivity contribution is 5.98. The lowest BCUT2D eigenvalue weighted by molar-refractivity contribution is -0.140. The molecule has 0 fully saturated rings. The van der Waals surface area contributed by atoms with Crippen molar-refractivity contribution in [1.29, 1.82) is 0 Å². The molecule has 19 heavy (non-hydrogen) atoms. The smallest absolute Gasteiger partial charge is 0.307 e. The van der Waals surface area contributed by atoms with Crippen LogP contribution < -0.4 is 5.32 Å². The van der Waals surface area contributed by atoms with Gasteiger partial charge in [0, 0.05) is 29.9 Å². The number of pyridine rings is 1. The summed E-state index contributed by atoms with van der Waals surface area (Å²) >= 11 is 0. The van der Waals surface area contributed by atoms with E-state index in [-0.39, 0.29) is 24.8 Å². The highest BCUT2D eigenvalue weighted by atomic mass is 16.5. The standard InChI is InChI=1S/C14H14N2O3/c1-19-13(17)5-7-16-14(18)11-2-3-12-9-15-6-4-10(12)8-11/h2-4,6,8-9H,5,7H2,1H3,(H,16,18). The molecular formula is C14H14N2O3. The van der Waals surface area contributed by atoms with Gasteiger partial charge in [0.25, 0.3) is 5.91 Å². The molecule has 0 aliphatic rings. The van der Waals surface area contributed by atoms with E-state index in [9.17, 15) is 9.59 Å². The molecule has 0 bridgehead atoms. The highest BCUT2D eigenvalue weighted by Crippen LogP contribution is 2.14. The molecule has 5 nitrogen and oxygen atoms in total. The molecule has 0 aliphatic carbocycles. The Morgan fingerprint density at radius 3 is 2.89 bits per heavy atom. The van der Waals surface area contributed by atoms with Crippen LogP contribution in [0.25, 0.3) is 10.8 Å². The van der Waals surface area contributed by atoms with Gasteiger partial charge >= 0.3 is 5.97 Å². The maximum absolute atomic E-state index is 11.9. The SMILES string of the molecule is COC(=O)CCNC(=O)c1ccc2cnccc2c1. The quantitative estimate of drug-likeness (QED) is 0.844. The third kappa shape index (κ3) is 3.28. The van der Waals surface area contributed by atoms with Crippen LogP contribution in [0.2, 0.25) is 0 Å². The number of carbonyl (C=O) groups excluding carboxylic acids is 2. The first kappa shape index (κ1) is 13.0. The number of nitrogens with one attached hydrogen (secondary N) is 1. The van der Waals surface area contributed by atoms with E-state index in [2.05, 4.69) is 15.0 Å². The molecule has 0 unspecified atom stereocenters. The van der Waals surface area contributed by atoms with Crippen molar-refractivity contribution < 1.29 is 14.3 Å². The second-order valence-corrected chi connectivity index (χ2v) is 4.02. The van der Waals surface area contributed by atoms with Gasteiger partial charge in [-0.15, -0.1) is 0 Å². The Balaban J connectivity index is 2.03. The van der Waals surface area contributed by atoms with E-state index in [0.717, 1.165) is 10.8 Å². The number of aromatic nitrogens is 1. The summed E-state index contributed by atoms with van der Waals surface area (Å²) in [6.45, 7) is 0.264. The highest BCUT2D eigenvalue weighted by Gasteiger charge is 2.07. The maximum atomic E-state index is 11.9. The Bertz CT molecular complexity index is 610. The average molecular weight is 258 g/mol. The minimum absolute atomic E-state index is 0.166. The van der Waals surface area contributed by atoms with E-state index in [1.807, 2.05) is 12.1 Å². The van der Waals surface area contributed by atoms with Crippen LogP contribution in [-0.2, 0) is 9.53 Å². The van der Waals surface area contributed by atoms with Crippen LogP contribution in [0, 0.1) is 0 Å². The van der Waals surface area contributed by atoms with Gasteiger partial charge in [0.2, 0.25) is 0 Å². The fourth-order valence-corrected chi connectivity index (χ4v) is 1.71. The zero-order valence-electron chi connectivity index (χ0n) is 10.6. The van der Waals surface area contributed by atoms with Gasteiger partial charge in [-0.1, -0.05) is 6.07 Å². The fourth-order valence-electron chi connectivity index (χ4n) is 1.71. The summed E-state index contributed by atoms with van der Waals surface area (Å²) in [6, 6.07) is 7.22. The third-order valence-electron chi connectivity index (χ3n) is 2.75. The first-order valence-corrected chi connectivity index (χ1v) is 5.89. The summed E-state index contributed by atoms with van der Waals surface area (Å²) in [7, 11) is 1.32. The molecule has 0 radical (unpaired) electrons. The number of carbonyl (C=O) groups is 2. The number of rotatable bonds is 4. The van der Waals surface area contributed by atoms with Crippen LogP contribution >= 0.6 is 0 Å². The third-order valence-corrected chi connectivity index (χ3v) is 2.75. The predicted octanol–water partition coefficient (Wildman–Crippen LogP) is 1.53. The number of esters is 1. The summed E-state index contributed by atoms with van der Waals surface area (Å²) < 4.78 is 4.50. The number of amides is 1. The van der Waals surface area contributed by atoms with E-state index < -0.39 is 0 Å². The Morgan fingerprint density at radius 1 is 1.26 bits per heavy atom. The molecule has 0 saturated heterocycles. The fraction of sp³-hybridized carbons (Fsp3) is 0.214. The number of benzene rings is 1. The van der Waals surface area contributed by atoms with Crippen molar-refractivity contribution in [2.45, 2.75) is 6.42 Å². The van der Waals surface area contributed by atoms with Gasteiger partial charge in [-0.3, -0.25) is 14.6 Å². The van der Waals surface area contributed by atoms with Crippen LogP contribution in [0.15, 0.2) is 36.7 Å². The molecule has 2 aromatic rings. The van der Waals surface area contributed by atoms with Gasteiger partial charge in [0.15, 0.2) is 0 Å². The molecule has 0 spiro atoms. The molecule has 5 heteroatoms. The summed E-state index contributed by atoms with van der Waals surface area (Å²) in [5.41, 5.74) is 0.559. The lowest BCUT2D eigenvalue weighted by atomic mass is 10.1. The van der Waals surface area contributed by atoms with Crippen molar-refractivity contribution >= 4 is 22.6 Å². The van der Waals surface area contributed by atoms with Crippen molar-refractivity contribution in [2.24, 2.45) is 0 Å². The lowest BCUT2D eigenvalue weighted by Crippen LogP contribution is -2.26. The number of hydrogen-bond donors (Lipinski definition) is 1. The van der Waals surface area contributed by atoms with Crippen molar-refractivity contribution in [3.63, 3.8) is 0 Å². The average Bonchev–Trinajstić information content (AvgIpc) is 2.46. The molecule has 0 aliphatic heterocycles. The predicted molar refractivity (Wildman–Crippen MR) is 70.7 cm³/mol. The zero-order chi connectivity index (χ0) is 13.7. The van der Waals surface area contributed by atoms with Crippen molar-refractivity contribution in [1.82, 2.24) is 10.3 Å². The zero-order valence-corrected chi connectivity index (χ0v) is 10.6.